The van der Waals surface area contributed by atoms with Gasteiger partial charge in [-0.15, -0.1) is 0 Å². The molecular formula is C19H28F2N4O2. The summed E-state index contributed by atoms with van der Waals surface area (Å²) in [5.74, 6) is 0.975. The lowest BCUT2D eigenvalue weighted by molar-refractivity contribution is -0.135. The van der Waals surface area contributed by atoms with Crippen LogP contribution in [0.2, 0.25) is 0 Å². The molecule has 6 nitrogen and oxygen atoms in total. The van der Waals surface area contributed by atoms with Crippen LogP contribution in [0.5, 0.6) is 0 Å². The van der Waals surface area contributed by atoms with Crippen LogP contribution < -0.4 is 5.32 Å². The number of halogens is 2. The lowest BCUT2D eigenvalue weighted by atomic mass is 9.85. The number of nitrogens with one attached hydrogen (secondary N) is 1. The van der Waals surface area contributed by atoms with Crippen LogP contribution in [0.15, 0.2) is 6.07 Å². The van der Waals surface area contributed by atoms with Crippen molar-refractivity contribution in [3.8, 4) is 0 Å². The van der Waals surface area contributed by atoms with Gasteiger partial charge in [0.2, 0.25) is 5.91 Å². The topological polar surface area (TPSA) is 59.4 Å². The Balaban J connectivity index is 1.42. The molecule has 150 valence electrons. The zero-order valence-corrected chi connectivity index (χ0v) is 15.7. The molecule has 4 heterocycles. The van der Waals surface area contributed by atoms with E-state index in [0.717, 1.165) is 44.5 Å². The lowest BCUT2D eigenvalue weighted by Gasteiger charge is -2.41. The fourth-order valence-electron chi connectivity index (χ4n) is 4.70. The maximum atomic E-state index is 13.6. The summed E-state index contributed by atoms with van der Waals surface area (Å²) < 4.78 is 34.2. The highest BCUT2D eigenvalue weighted by atomic mass is 19.3. The van der Waals surface area contributed by atoms with Crippen LogP contribution in [0.25, 0.3) is 0 Å². The molecule has 0 aliphatic carbocycles. The smallest absolute Gasteiger partial charge is 0.260 e. The normalized spacial score (nSPS) is 31.0. The van der Waals surface area contributed by atoms with E-state index in [-0.39, 0.29) is 24.0 Å². The van der Waals surface area contributed by atoms with Crippen LogP contribution in [-0.2, 0) is 9.53 Å². The van der Waals surface area contributed by atoms with Gasteiger partial charge in [0.15, 0.2) is 0 Å². The highest BCUT2D eigenvalue weighted by Gasteiger charge is 2.39. The standard InChI is InChI=1S/C19H28F2N4O2/c1-12-8-17-22-15(10-16(19(20)21)25(17)23-12)13-4-2-6-24(11-13)18(26)9-14-5-3-7-27-14/h8,13-16,19,22H,2-7,9-11H2,1H3/t13?,14?,15-,16+/m0/s1. The number of piperidine rings is 1. The summed E-state index contributed by atoms with van der Waals surface area (Å²) in [7, 11) is 0. The van der Waals surface area contributed by atoms with Crippen LogP contribution in [0.1, 0.15) is 50.3 Å². The molecule has 0 spiro atoms. The third-order valence-electron chi connectivity index (χ3n) is 6.10. The number of aromatic nitrogens is 2. The van der Waals surface area contributed by atoms with Crippen molar-refractivity contribution in [2.75, 3.05) is 25.0 Å². The summed E-state index contributed by atoms with van der Waals surface area (Å²) in [6.45, 7) is 3.95. The highest BCUT2D eigenvalue weighted by molar-refractivity contribution is 5.76. The van der Waals surface area contributed by atoms with Gasteiger partial charge in [0, 0.05) is 31.8 Å². The fraction of sp³-hybridized carbons (Fsp3) is 0.789. The molecule has 8 heteroatoms. The van der Waals surface area contributed by atoms with Gasteiger partial charge in [0.1, 0.15) is 11.9 Å². The molecular weight excluding hydrogens is 354 g/mol. The number of hydrogen-bond donors (Lipinski definition) is 1. The number of nitrogens with zero attached hydrogens (tertiary/aromatic N) is 3. The van der Waals surface area contributed by atoms with Crippen LogP contribution in [0.4, 0.5) is 14.6 Å². The molecule has 1 N–H and O–H groups in total. The number of likely N-dealkylation sites (tertiary alicyclic amines) is 1. The van der Waals surface area contributed by atoms with Gasteiger partial charge in [0.25, 0.3) is 6.43 Å². The second-order valence-electron chi connectivity index (χ2n) is 8.09. The molecule has 2 unspecified atom stereocenters. The SMILES string of the molecule is Cc1cc2n(n1)[C@@H](C(F)F)C[C@@H](C1CCCN(C(=O)CC3CCCO3)C1)N2. The van der Waals surface area contributed by atoms with Crippen molar-refractivity contribution in [2.24, 2.45) is 5.92 Å². The van der Waals surface area contributed by atoms with E-state index in [1.807, 2.05) is 17.9 Å². The van der Waals surface area contributed by atoms with Crippen molar-refractivity contribution >= 4 is 11.7 Å². The van der Waals surface area contributed by atoms with E-state index in [1.54, 1.807) is 0 Å². The first-order chi connectivity index (χ1) is 13.0. The van der Waals surface area contributed by atoms with E-state index >= 15 is 0 Å². The number of anilines is 1. The summed E-state index contributed by atoms with van der Waals surface area (Å²) in [6, 6.07) is 0.855. The summed E-state index contributed by atoms with van der Waals surface area (Å²) in [6.07, 6.45) is 2.21. The third-order valence-corrected chi connectivity index (χ3v) is 6.10. The molecule has 1 amide bonds. The van der Waals surface area contributed by atoms with E-state index < -0.39 is 12.5 Å². The number of amides is 1. The number of alkyl halides is 2. The Bertz CT molecular complexity index is 675. The van der Waals surface area contributed by atoms with Gasteiger partial charge in [-0.05, 0) is 44.9 Å². The van der Waals surface area contributed by atoms with Crippen molar-refractivity contribution in [1.29, 1.82) is 0 Å². The Morgan fingerprint density at radius 1 is 1.41 bits per heavy atom. The Morgan fingerprint density at radius 3 is 3.00 bits per heavy atom. The minimum atomic E-state index is -2.45. The number of ether oxygens (including phenoxy) is 1. The molecule has 1 aromatic heterocycles. The summed E-state index contributed by atoms with van der Waals surface area (Å²) in [5, 5.41) is 7.64. The molecule has 3 aliphatic rings. The van der Waals surface area contributed by atoms with Crippen molar-refractivity contribution in [1.82, 2.24) is 14.7 Å². The molecule has 4 rings (SSSR count). The molecule has 0 bridgehead atoms. The average Bonchev–Trinajstić information content (AvgIpc) is 3.29. The molecule has 27 heavy (non-hydrogen) atoms. The van der Waals surface area contributed by atoms with Gasteiger partial charge >= 0.3 is 0 Å². The Hall–Kier alpha value is -1.70. The van der Waals surface area contributed by atoms with Gasteiger partial charge < -0.3 is 15.0 Å². The first-order valence-electron chi connectivity index (χ1n) is 10.0. The molecule has 2 saturated heterocycles. The van der Waals surface area contributed by atoms with E-state index in [4.69, 9.17) is 4.74 Å². The quantitative estimate of drug-likeness (QED) is 0.870. The van der Waals surface area contributed by atoms with E-state index in [2.05, 4.69) is 10.4 Å². The number of hydrogen-bond acceptors (Lipinski definition) is 4. The number of rotatable bonds is 4. The second-order valence-corrected chi connectivity index (χ2v) is 8.09. The van der Waals surface area contributed by atoms with E-state index in [0.29, 0.717) is 25.2 Å². The number of fused-ring (bicyclic) bond motifs is 1. The van der Waals surface area contributed by atoms with Crippen molar-refractivity contribution in [3.63, 3.8) is 0 Å². The summed E-state index contributed by atoms with van der Waals surface area (Å²) in [5.41, 5.74) is 0.737. The zero-order chi connectivity index (χ0) is 19.0. The molecule has 2 fully saturated rings. The fourth-order valence-corrected chi connectivity index (χ4v) is 4.70. The first-order valence-corrected chi connectivity index (χ1v) is 10.0. The van der Waals surface area contributed by atoms with Crippen molar-refractivity contribution < 1.29 is 18.3 Å². The molecule has 4 atom stereocenters. The van der Waals surface area contributed by atoms with Crippen LogP contribution >= 0.6 is 0 Å². The van der Waals surface area contributed by atoms with Crippen molar-refractivity contribution in [3.05, 3.63) is 11.8 Å². The van der Waals surface area contributed by atoms with Crippen LogP contribution in [-0.4, -0.2) is 58.9 Å². The number of carbonyl (C=O) groups excluding carboxylic acids is 1. The van der Waals surface area contributed by atoms with Gasteiger partial charge in [-0.1, -0.05) is 0 Å². The lowest BCUT2D eigenvalue weighted by Crippen LogP contribution is -2.48. The first kappa shape index (κ1) is 18.7. The van der Waals surface area contributed by atoms with Crippen LogP contribution in [0.3, 0.4) is 0 Å². The maximum absolute atomic E-state index is 13.6. The van der Waals surface area contributed by atoms with Crippen LogP contribution in [0, 0.1) is 12.8 Å². The monoisotopic (exact) mass is 382 g/mol. The highest BCUT2D eigenvalue weighted by Crippen LogP contribution is 2.36. The molecule has 3 aliphatic heterocycles. The third kappa shape index (κ3) is 3.95. The van der Waals surface area contributed by atoms with E-state index in [1.165, 1.54) is 4.68 Å². The van der Waals surface area contributed by atoms with Gasteiger partial charge in [0.05, 0.1) is 18.2 Å². The van der Waals surface area contributed by atoms with Gasteiger partial charge in [-0.3, -0.25) is 4.79 Å². The molecule has 0 saturated carbocycles. The summed E-state index contributed by atoms with van der Waals surface area (Å²) in [4.78, 5) is 14.6. The molecule has 0 aromatic carbocycles. The Morgan fingerprint density at radius 2 is 2.26 bits per heavy atom. The number of aryl methyl sites for hydroxylation is 1. The minimum absolute atomic E-state index is 0.0474. The zero-order valence-electron chi connectivity index (χ0n) is 15.7. The average molecular weight is 382 g/mol. The summed E-state index contributed by atoms with van der Waals surface area (Å²) >= 11 is 0. The maximum Gasteiger partial charge on any atom is 0.260 e. The van der Waals surface area contributed by atoms with Gasteiger partial charge in [-0.25, -0.2) is 13.5 Å². The van der Waals surface area contributed by atoms with E-state index in [9.17, 15) is 13.6 Å². The second kappa shape index (κ2) is 7.73. The van der Waals surface area contributed by atoms with Gasteiger partial charge in [-0.2, -0.15) is 5.10 Å². The predicted molar refractivity (Wildman–Crippen MR) is 96.9 cm³/mol. The molecule has 0 radical (unpaired) electrons. The van der Waals surface area contributed by atoms with Crippen molar-refractivity contribution in [2.45, 2.75) is 70.1 Å². The minimum Gasteiger partial charge on any atom is -0.378 e. The largest absolute Gasteiger partial charge is 0.378 e. The predicted octanol–water partition coefficient (Wildman–Crippen LogP) is 2.99. The molecule has 1 aromatic rings. The Labute approximate surface area is 158 Å². The Kier molecular flexibility index (Phi) is 5.34. The number of carbonyl (C=O) groups is 1.